The molecule has 2 saturated heterocycles. The summed E-state index contributed by atoms with van der Waals surface area (Å²) in [4.78, 5) is 16.2. The number of piperidine rings is 1. The normalized spacial score (nSPS) is 17.6. The van der Waals surface area contributed by atoms with Crippen molar-refractivity contribution in [2.75, 3.05) is 40.0 Å². The summed E-state index contributed by atoms with van der Waals surface area (Å²) in [7, 11) is 1.59. The van der Waals surface area contributed by atoms with Crippen molar-refractivity contribution in [3.05, 3.63) is 89.5 Å². The van der Waals surface area contributed by atoms with E-state index < -0.39 is 0 Å². The second-order valence-corrected chi connectivity index (χ2v) is 10.7. The van der Waals surface area contributed by atoms with Crippen LogP contribution >= 0.6 is 0 Å². The third-order valence-electron chi connectivity index (χ3n) is 7.60. The minimum absolute atomic E-state index is 0.197. The summed E-state index contributed by atoms with van der Waals surface area (Å²) < 4.78 is 29.7. The minimum atomic E-state index is -0.221. The zero-order valence-electron chi connectivity index (χ0n) is 24.5. The summed E-state index contributed by atoms with van der Waals surface area (Å²) in [5.41, 5.74) is 2.24. The van der Waals surface area contributed by atoms with Crippen LogP contribution in [0.25, 0.3) is 6.08 Å². The number of ether oxygens (including phenoxy) is 5. The van der Waals surface area contributed by atoms with Crippen LogP contribution in [0, 0.1) is 0 Å². The number of hydrogen-bond donors (Lipinski definition) is 0. The van der Waals surface area contributed by atoms with Crippen LogP contribution in [-0.4, -0.2) is 56.9 Å². The molecule has 0 N–H and O–H groups in total. The lowest BCUT2D eigenvalue weighted by Crippen LogP contribution is -2.33. The Hall–Kier alpha value is -3.81. The molecule has 0 saturated carbocycles. The Kier molecular flexibility index (Phi) is 10.9. The van der Waals surface area contributed by atoms with E-state index >= 15 is 0 Å². The fraction of sp³-hybridized carbons (Fsp3) is 0.400. The van der Waals surface area contributed by atoms with Gasteiger partial charge < -0.3 is 23.7 Å². The Labute approximate surface area is 249 Å². The molecule has 0 aromatic heterocycles. The molecule has 0 aliphatic carbocycles. The fourth-order valence-corrected chi connectivity index (χ4v) is 5.27. The maximum atomic E-state index is 13.8. The first-order valence-electron chi connectivity index (χ1n) is 15.0. The standard InChI is InChI=1S/C35H41NO6/c1-38-32-20-19-31(41-26-28-10-4-2-5-11-28)34(35(32)40-25-23-36-21-7-3-8-22-36)30(37)18-15-27-13-16-29(17-14-27)42-33-12-6-9-24-39-33/h2,4-5,10-11,13-20,33H,3,6-9,12,21-26H2,1H3. The molecule has 42 heavy (non-hydrogen) atoms. The second kappa shape index (κ2) is 15.4. The molecule has 2 heterocycles. The molecule has 3 aromatic rings. The first-order valence-corrected chi connectivity index (χ1v) is 15.0. The Morgan fingerprint density at radius 3 is 2.43 bits per heavy atom. The average molecular weight is 572 g/mol. The highest BCUT2D eigenvalue weighted by Crippen LogP contribution is 2.39. The van der Waals surface area contributed by atoms with Crippen molar-refractivity contribution in [1.82, 2.24) is 4.90 Å². The van der Waals surface area contributed by atoms with E-state index in [0.29, 0.717) is 36.0 Å². The predicted octanol–water partition coefficient (Wildman–Crippen LogP) is 6.94. The number of carbonyl (C=O) groups is 1. The van der Waals surface area contributed by atoms with Crippen LogP contribution in [0.15, 0.2) is 72.8 Å². The van der Waals surface area contributed by atoms with E-state index in [9.17, 15) is 4.79 Å². The van der Waals surface area contributed by atoms with Gasteiger partial charge in [-0.05, 0) is 80.2 Å². The third kappa shape index (κ3) is 8.37. The van der Waals surface area contributed by atoms with E-state index in [-0.39, 0.29) is 12.1 Å². The number of allylic oxidation sites excluding steroid dienone is 1. The van der Waals surface area contributed by atoms with Gasteiger partial charge in [0.1, 0.15) is 30.3 Å². The van der Waals surface area contributed by atoms with E-state index in [2.05, 4.69) is 4.90 Å². The van der Waals surface area contributed by atoms with Crippen molar-refractivity contribution in [2.45, 2.75) is 51.4 Å². The lowest BCUT2D eigenvalue weighted by molar-refractivity contribution is -0.105. The maximum absolute atomic E-state index is 13.8. The van der Waals surface area contributed by atoms with Gasteiger partial charge in [-0.25, -0.2) is 0 Å². The van der Waals surface area contributed by atoms with Crippen molar-refractivity contribution >= 4 is 11.9 Å². The van der Waals surface area contributed by atoms with Crippen LogP contribution in [0.5, 0.6) is 23.0 Å². The quantitative estimate of drug-likeness (QED) is 0.163. The van der Waals surface area contributed by atoms with Crippen molar-refractivity contribution in [2.24, 2.45) is 0 Å². The van der Waals surface area contributed by atoms with Gasteiger partial charge in [0, 0.05) is 13.0 Å². The molecule has 1 atom stereocenters. The Balaban J connectivity index is 1.34. The van der Waals surface area contributed by atoms with Crippen LogP contribution in [0.4, 0.5) is 0 Å². The molecule has 1 unspecified atom stereocenters. The number of likely N-dealkylation sites (tertiary alicyclic amines) is 1. The van der Waals surface area contributed by atoms with Crippen molar-refractivity contribution in [3.8, 4) is 23.0 Å². The zero-order chi connectivity index (χ0) is 29.0. The van der Waals surface area contributed by atoms with E-state index in [1.165, 1.54) is 19.3 Å². The van der Waals surface area contributed by atoms with Crippen molar-refractivity contribution in [1.29, 1.82) is 0 Å². The van der Waals surface area contributed by atoms with E-state index in [1.807, 2.05) is 54.6 Å². The van der Waals surface area contributed by atoms with Crippen LogP contribution in [0.2, 0.25) is 0 Å². The van der Waals surface area contributed by atoms with Gasteiger partial charge in [0.05, 0.1) is 13.7 Å². The molecule has 0 spiro atoms. The van der Waals surface area contributed by atoms with Gasteiger partial charge in [-0.15, -0.1) is 0 Å². The molecule has 0 amide bonds. The molecular weight excluding hydrogens is 530 g/mol. The van der Waals surface area contributed by atoms with Crippen molar-refractivity contribution < 1.29 is 28.5 Å². The van der Waals surface area contributed by atoms with E-state index in [4.69, 9.17) is 23.7 Å². The van der Waals surface area contributed by atoms with Gasteiger partial charge in [0.15, 0.2) is 23.6 Å². The highest BCUT2D eigenvalue weighted by Gasteiger charge is 2.23. The topological polar surface area (TPSA) is 66.5 Å². The molecule has 0 bridgehead atoms. The summed E-state index contributed by atoms with van der Waals surface area (Å²) in [5, 5.41) is 0. The van der Waals surface area contributed by atoms with E-state index in [1.54, 1.807) is 31.4 Å². The SMILES string of the molecule is COc1ccc(OCc2ccccc2)c(C(=O)C=Cc2ccc(OC3CCCCO3)cc2)c1OCCN1CCCCC1. The molecule has 2 fully saturated rings. The zero-order valence-corrected chi connectivity index (χ0v) is 24.5. The van der Waals surface area contributed by atoms with Crippen LogP contribution in [-0.2, 0) is 11.3 Å². The third-order valence-corrected chi connectivity index (χ3v) is 7.60. The van der Waals surface area contributed by atoms with Gasteiger partial charge in [-0.1, -0.05) is 55.0 Å². The van der Waals surface area contributed by atoms with Gasteiger partial charge in [-0.3, -0.25) is 9.69 Å². The smallest absolute Gasteiger partial charge is 0.199 e. The predicted molar refractivity (Wildman–Crippen MR) is 164 cm³/mol. The lowest BCUT2D eigenvalue weighted by Gasteiger charge is -2.26. The first kappa shape index (κ1) is 29.7. The van der Waals surface area contributed by atoms with Gasteiger partial charge in [0.2, 0.25) is 0 Å². The first-order chi connectivity index (χ1) is 20.7. The Bertz CT molecular complexity index is 1300. The van der Waals surface area contributed by atoms with Crippen LogP contribution in [0.3, 0.4) is 0 Å². The van der Waals surface area contributed by atoms with Gasteiger partial charge in [0.25, 0.3) is 0 Å². The number of benzene rings is 3. The molecule has 7 nitrogen and oxygen atoms in total. The number of hydrogen-bond acceptors (Lipinski definition) is 7. The van der Waals surface area contributed by atoms with Crippen LogP contribution < -0.4 is 18.9 Å². The summed E-state index contributed by atoms with van der Waals surface area (Å²) in [6.45, 7) is 4.46. The molecule has 2 aliphatic heterocycles. The molecule has 0 radical (unpaired) electrons. The monoisotopic (exact) mass is 571 g/mol. The number of methoxy groups -OCH3 is 1. The summed E-state index contributed by atoms with van der Waals surface area (Å²) in [6, 6.07) is 21.1. The highest BCUT2D eigenvalue weighted by molar-refractivity contribution is 6.11. The van der Waals surface area contributed by atoms with Crippen LogP contribution in [0.1, 0.15) is 60.0 Å². The number of nitrogens with zero attached hydrogens (tertiary/aromatic N) is 1. The fourth-order valence-electron chi connectivity index (χ4n) is 5.27. The Morgan fingerprint density at radius 2 is 1.69 bits per heavy atom. The molecule has 222 valence electrons. The molecular formula is C35H41NO6. The Morgan fingerprint density at radius 1 is 0.905 bits per heavy atom. The van der Waals surface area contributed by atoms with Crippen molar-refractivity contribution in [3.63, 3.8) is 0 Å². The largest absolute Gasteiger partial charge is 0.493 e. The minimum Gasteiger partial charge on any atom is -0.493 e. The molecule has 7 heteroatoms. The van der Waals surface area contributed by atoms with E-state index in [0.717, 1.165) is 62.4 Å². The van der Waals surface area contributed by atoms with Gasteiger partial charge >= 0.3 is 0 Å². The molecule has 3 aromatic carbocycles. The average Bonchev–Trinajstić information content (AvgIpc) is 3.04. The number of ketones is 1. The molecule has 5 rings (SSSR count). The molecule has 2 aliphatic rings. The number of rotatable bonds is 13. The lowest BCUT2D eigenvalue weighted by atomic mass is 10.1. The summed E-state index contributed by atoms with van der Waals surface area (Å²) in [5.74, 6) is 1.90. The summed E-state index contributed by atoms with van der Waals surface area (Å²) in [6.07, 6.45) is 9.94. The second-order valence-electron chi connectivity index (χ2n) is 10.7. The highest BCUT2D eigenvalue weighted by atomic mass is 16.7. The maximum Gasteiger partial charge on any atom is 0.199 e. The summed E-state index contributed by atoms with van der Waals surface area (Å²) >= 11 is 0. The number of carbonyl (C=O) groups excluding carboxylic acids is 1. The van der Waals surface area contributed by atoms with Gasteiger partial charge in [-0.2, -0.15) is 0 Å².